The second kappa shape index (κ2) is 7.56. The van der Waals surface area contributed by atoms with Gasteiger partial charge < -0.3 is 15.4 Å². The van der Waals surface area contributed by atoms with E-state index in [-0.39, 0.29) is 5.91 Å². The number of carbonyl (C=O) groups is 1. The Hall–Kier alpha value is -2.40. The molecule has 2 aromatic rings. The lowest BCUT2D eigenvalue weighted by Gasteiger charge is -2.13. The van der Waals surface area contributed by atoms with Crippen LogP contribution >= 0.6 is 0 Å². The molecule has 0 aliphatic heterocycles. The summed E-state index contributed by atoms with van der Waals surface area (Å²) in [5.74, 6) is 1.06. The molecular formula is C17H21N3O2. The van der Waals surface area contributed by atoms with Crippen molar-refractivity contribution in [3.05, 3.63) is 47.7 Å². The van der Waals surface area contributed by atoms with Gasteiger partial charge in [-0.2, -0.15) is 0 Å². The fourth-order valence-electron chi connectivity index (χ4n) is 1.96. The molecule has 0 aliphatic rings. The third-order valence-corrected chi connectivity index (χ3v) is 3.41. The van der Waals surface area contributed by atoms with Crippen molar-refractivity contribution in [2.75, 3.05) is 18.9 Å². The van der Waals surface area contributed by atoms with Gasteiger partial charge in [0.2, 0.25) is 11.8 Å². The molecule has 0 atom stereocenters. The molecule has 5 heteroatoms. The summed E-state index contributed by atoms with van der Waals surface area (Å²) < 4.78 is 5.89. The molecule has 0 bridgehead atoms. The van der Waals surface area contributed by atoms with Gasteiger partial charge in [0.05, 0.1) is 0 Å². The summed E-state index contributed by atoms with van der Waals surface area (Å²) in [6, 6.07) is 9.41. The number of benzene rings is 1. The lowest BCUT2D eigenvalue weighted by Crippen LogP contribution is -2.19. The van der Waals surface area contributed by atoms with Crippen LogP contribution in [-0.4, -0.2) is 24.5 Å². The highest BCUT2D eigenvalue weighted by atomic mass is 16.5. The van der Waals surface area contributed by atoms with E-state index in [1.54, 1.807) is 18.3 Å². The monoisotopic (exact) mass is 299 g/mol. The first-order chi connectivity index (χ1) is 10.6. The number of carbonyl (C=O) groups excluding carboxylic acids is 1. The Kier molecular flexibility index (Phi) is 5.49. The van der Waals surface area contributed by atoms with Crippen LogP contribution < -0.4 is 15.4 Å². The Bertz CT molecular complexity index is 656. The first-order valence-corrected chi connectivity index (χ1v) is 7.25. The quantitative estimate of drug-likeness (QED) is 0.860. The van der Waals surface area contributed by atoms with Crippen LogP contribution in [0.2, 0.25) is 0 Å². The maximum atomic E-state index is 11.9. The lowest BCUT2D eigenvalue weighted by molar-refractivity contribution is -0.116. The molecule has 1 aromatic carbocycles. The van der Waals surface area contributed by atoms with Crippen molar-refractivity contribution < 1.29 is 9.53 Å². The number of aryl methyl sites for hydroxylation is 1. The normalized spacial score (nSPS) is 10.3. The molecule has 0 saturated carbocycles. The molecule has 5 nitrogen and oxygen atoms in total. The summed E-state index contributed by atoms with van der Waals surface area (Å²) in [5, 5.41) is 5.78. The van der Waals surface area contributed by atoms with E-state index in [2.05, 4.69) is 15.6 Å². The Morgan fingerprint density at radius 3 is 2.82 bits per heavy atom. The van der Waals surface area contributed by atoms with Crippen LogP contribution in [0.3, 0.4) is 0 Å². The largest absolute Gasteiger partial charge is 0.437 e. The number of aromatic nitrogens is 1. The number of ether oxygens (including phenoxy) is 1. The average molecular weight is 299 g/mol. The van der Waals surface area contributed by atoms with Crippen LogP contribution in [0.1, 0.15) is 17.5 Å². The minimum atomic E-state index is -0.0758. The molecule has 0 saturated heterocycles. The van der Waals surface area contributed by atoms with E-state index in [0.29, 0.717) is 24.5 Å². The average Bonchev–Trinajstić information content (AvgIpc) is 2.51. The molecule has 0 fully saturated rings. The fourth-order valence-corrected chi connectivity index (χ4v) is 1.96. The van der Waals surface area contributed by atoms with Gasteiger partial charge in [0.25, 0.3) is 0 Å². The molecule has 22 heavy (non-hydrogen) atoms. The molecular weight excluding hydrogens is 278 g/mol. The Morgan fingerprint density at radius 2 is 2.05 bits per heavy atom. The zero-order valence-corrected chi connectivity index (χ0v) is 13.1. The molecule has 0 spiro atoms. The first kappa shape index (κ1) is 16.0. The van der Waals surface area contributed by atoms with Crippen molar-refractivity contribution in [3.63, 3.8) is 0 Å². The van der Waals surface area contributed by atoms with Gasteiger partial charge in [0.1, 0.15) is 11.4 Å². The highest BCUT2D eigenvalue weighted by Gasteiger charge is 2.11. The highest BCUT2D eigenvalue weighted by molar-refractivity contribution is 5.92. The highest BCUT2D eigenvalue weighted by Crippen LogP contribution is 2.30. The van der Waals surface area contributed by atoms with Crippen LogP contribution in [0.15, 0.2) is 36.5 Å². The van der Waals surface area contributed by atoms with Crippen molar-refractivity contribution in [1.82, 2.24) is 10.3 Å². The number of nitrogens with zero attached hydrogens (tertiary/aromatic N) is 1. The lowest BCUT2D eigenvalue weighted by atomic mass is 10.1. The second-order valence-electron chi connectivity index (χ2n) is 5.06. The maximum Gasteiger partial charge on any atom is 0.243 e. The van der Waals surface area contributed by atoms with Gasteiger partial charge in [-0.1, -0.05) is 12.1 Å². The van der Waals surface area contributed by atoms with E-state index in [0.717, 1.165) is 16.9 Å². The fraction of sp³-hybridized carbons (Fsp3) is 0.294. The maximum absolute atomic E-state index is 11.9. The summed E-state index contributed by atoms with van der Waals surface area (Å²) >= 11 is 0. The SMILES string of the molecule is CNCCC(=O)Nc1cccnc1Oc1cccc(C)c1C. The number of hydrogen-bond donors (Lipinski definition) is 2. The third kappa shape index (κ3) is 4.05. The van der Waals surface area contributed by atoms with E-state index < -0.39 is 0 Å². The van der Waals surface area contributed by atoms with Gasteiger partial charge in [-0.25, -0.2) is 4.98 Å². The summed E-state index contributed by atoms with van der Waals surface area (Å²) in [7, 11) is 1.81. The molecule has 1 amide bonds. The number of pyridine rings is 1. The molecule has 1 heterocycles. The molecule has 1 aromatic heterocycles. The number of nitrogens with one attached hydrogen (secondary N) is 2. The third-order valence-electron chi connectivity index (χ3n) is 3.41. The number of anilines is 1. The van der Waals surface area contributed by atoms with Crippen molar-refractivity contribution in [1.29, 1.82) is 0 Å². The minimum Gasteiger partial charge on any atom is -0.437 e. The van der Waals surface area contributed by atoms with Gasteiger partial charge >= 0.3 is 0 Å². The molecule has 2 rings (SSSR count). The van der Waals surface area contributed by atoms with Crippen molar-refractivity contribution in [3.8, 4) is 11.6 Å². The number of amides is 1. The summed E-state index contributed by atoms with van der Waals surface area (Å²) in [5.41, 5.74) is 2.78. The van der Waals surface area contributed by atoms with Crippen molar-refractivity contribution in [2.24, 2.45) is 0 Å². The Labute approximate surface area is 130 Å². The van der Waals surface area contributed by atoms with Gasteiger partial charge in [0.15, 0.2) is 0 Å². The number of hydrogen-bond acceptors (Lipinski definition) is 4. The molecule has 0 aliphatic carbocycles. The molecule has 0 radical (unpaired) electrons. The van der Waals surface area contributed by atoms with Crippen LogP contribution in [0.25, 0.3) is 0 Å². The van der Waals surface area contributed by atoms with Gasteiger partial charge in [-0.3, -0.25) is 4.79 Å². The second-order valence-corrected chi connectivity index (χ2v) is 5.06. The van der Waals surface area contributed by atoms with Crippen LogP contribution in [0, 0.1) is 13.8 Å². The topological polar surface area (TPSA) is 63.2 Å². The summed E-state index contributed by atoms with van der Waals surface area (Å²) in [6.07, 6.45) is 2.04. The van der Waals surface area contributed by atoms with E-state index in [1.807, 2.05) is 39.1 Å². The minimum absolute atomic E-state index is 0.0758. The van der Waals surface area contributed by atoms with Gasteiger partial charge in [-0.05, 0) is 50.2 Å². The molecule has 116 valence electrons. The predicted molar refractivity (Wildman–Crippen MR) is 87.4 cm³/mol. The first-order valence-electron chi connectivity index (χ1n) is 7.25. The zero-order chi connectivity index (χ0) is 15.9. The molecule has 0 unspecified atom stereocenters. The zero-order valence-electron chi connectivity index (χ0n) is 13.1. The van der Waals surface area contributed by atoms with E-state index in [4.69, 9.17) is 4.74 Å². The van der Waals surface area contributed by atoms with Gasteiger partial charge in [0, 0.05) is 19.2 Å². The number of rotatable bonds is 6. The van der Waals surface area contributed by atoms with Crippen LogP contribution in [-0.2, 0) is 4.79 Å². The van der Waals surface area contributed by atoms with Crippen LogP contribution in [0.5, 0.6) is 11.6 Å². The summed E-state index contributed by atoms with van der Waals surface area (Å²) in [6.45, 7) is 4.65. The van der Waals surface area contributed by atoms with Crippen LogP contribution in [0.4, 0.5) is 5.69 Å². The Balaban J connectivity index is 2.18. The van der Waals surface area contributed by atoms with Crippen molar-refractivity contribution >= 4 is 11.6 Å². The van der Waals surface area contributed by atoms with Gasteiger partial charge in [-0.15, -0.1) is 0 Å². The van der Waals surface area contributed by atoms with E-state index >= 15 is 0 Å². The predicted octanol–water partition coefficient (Wildman–Crippen LogP) is 3.04. The smallest absolute Gasteiger partial charge is 0.243 e. The summed E-state index contributed by atoms with van der Waals surface area (Å²) in [4.78, 5) is 16.1. The van der Waals surface area contributed by atoms with E-state index in [1.165, 1.54) is 0 Å². The Morgan fingerprint density at radius 1 is 1.23 bits per heavy atom. The van der Waals surface area contributed by atoms with Crippen molar-refractivity contribution in [2.45, 2.75) is 20.3 Å². The standard InChI is InChI=1S/C17H21N3O2/c1-12-6-4-8-15(13(12)2)22-17-14(7-5-10-19-17)20-16(21)9-11-18-3/h4-8,10,18H,9,11H2,1-3H3,(H,20,21). The van der Waals surface area contributed by atoms with E-state index in [9.17, 15) is 4.79 Å². The molecule has 2 N–H and O–H groups in total.